The predicted octanol–water partition coefficient (Wildman–Crippen LogP) is 1.94. The van der Waals surface area contributed by atoms with E-state index < -0.39 is 0 Å². The number of hydrogen-bond donors (Lipinski definition) is 0. The summed E-state index contributed by atoms with van der Waals surface area (Å²) in [6, 6.07) is 10.1. The van der Waals surface area contributed by atoms with Gasteiger partial charge in [0, 0.05) is 18.7 Å². The van der Waals surface area contributed by atoms with E-state index in [0.717, 1.165) is 49.1 Å². The van der Waals surface area contributed by atoms with Gasteiger partial charge in [0.15, 0.2) is 5.82 Å². The molecule has 1 aliphatic heterocycles. The highest BCUT2D eigenvalue weighted by atomic mass is 16.5. The van der Waals surface area contributed by atoms with Gasteiger partial charge in [-0.25, -0.2) is 9.50 Å². The monoisotopic (exact) mass is 295 g/mol. The maximum atomic E-state index is 5.40. The Morgan fingerprint density at radius 2 is 1.82 bits per heavy atom. The van der Waals surface area contributed by atoms with E-state index in [0.29, 0.717) is 5.78 Å². The molecule has 1 fully saturated rings. The second-order valence-electron chi connectivity index (χ2n) is 5.36. The topological polar surface area (TPSA) is 55.5 Å². The largest absolute Gasteiger partial charge is 0.378 e. The van der Waals surface area contributed by atoms with Gasteiger partial charge in [0.1, 0.15) is 5.69 Å². The van der Waals surface area contributed by atoms with Crippen molar-refractivity contribution < 1.29 is 4.74 Å². The zero-order valence-corrected chi connectivity index (χ0v) is 12.4. The molecule has 0 aliphatic carbocycles. The van der Waals surface area contributed by atoms with Gasteiger partial charge < -0.3 is 9.64 Å². The molecule has 4 rings (SSSR count). The van der Waals surface area contributed by atoms with E-state index in [9.17, 15) is 0 Å². The van der Waals surface area contributed by atoms with Crippen molar-refractivity contribution in [3.05, 3.63) is 42.2 Å². The highest BCUT2D eigenvalue weighted by molar-refractivity contribution is 5.61. The zero-order chi connectivity index (χ0) is 14.9. The Labute approximate surface area is 128 Å². The Morgan fingerprint density at radius 1 is 1.05 bits per heavy atom. The van der Waals surface area contributed by atoms with E-state index in [1.807, 2.05) is 43.5 Å². The van der Waals surface area contributed by atoms with Gasteiger partial charge in [-0.2, -0.15) is 10.1 Å². The van der Waals surface area contributed by atoms with Crippen LogP contribution in [-0.4, -0.2) is 45.9 Å². The van der Waals surface area contributed by atoms with E-state index in [-0.39, 0.29) is 0 Å². The van der Waals surface area contributed by atoms with Crippen molar-refractivity contribution in [2.24, 2.45) is 0 Å². The SMILES string of the molecule is Cc1nn2cc(-c3ccccc3)nc2nc1N1CCOCC1. The van der Waals surface area contributed by atoms with E-state index >= 15 is 0 Å². The number of aryl methyl sites for hydroxylation is 1. The van der Waals surface area contributed by atoms with Gasteiger partial charge in [0.25, 0.3) is 5.78 Å². The fourth-order valence-electron chi connectivity index (χ4n) is 2.72. The highest BCUT2D eigenvalue weighted by Gasteiger charge is 2.17. The van der Waals surface area contributed by atoms with Gasteiger partial charge >= 0.3 is 0 Å². The van der Waals surface area contributed by atoms with Crippen LogP contribution >= 0.6 is 0 Å². The van der Waals surface area contributed by atoms with Gasteiger partial charge in [-0.1, -0.05) is 30.3 Å². The number of fused-ring (bicyclic) bond motifs is 1. The van der Waals surface area contributed by atoms with Crippen molar-refractivity contribution >= 4 is 11.6 Å². The first kappa shape index (κ1) is 13.2. The third kappa shape index (κ3) is 2.31. The molecule has 112 valence electrons. The smallest absolute Gasteiger partial charge is 0.253 e. The molecule has 6 nitrogen and oxygen atoms in total. The van der Waals surface area contributed by atoms with Crippen LogP contribution in [-0.2, 0) is 4.74 Å². The van der Waals surface area contributed by atoms with Gasteiger partial charge in [-0.3, -0.25) is 0 Å². The minimum atomic E-state index is 0.631. The second-order valence-corrected chi connectivity index (χ2v) is 5.36. The first-order chi connectivity index (χ1) is 10.8. The number of ether oxygens (including phenoxy) is 1. The number of morpholine rings is 1. The minimum Gasteiger partial charge on any atom is -0.378 e. The van der Waals surface area contributed by atoms with Gasteiger partial charge in [-0.15, -0.1) is 0 Å². The fourth-order valence-corrected chi connectivity index (χ4v) is 2.72. The van der Waals surface area contributed by atoms with Crippen molar-refractivity contribution in [2.45, 2.75) is 6.92 Å². The Hall–Kier alpha value is -2.47. The first-order valence-electron chi connectivity index (χ1n) is 7.43. The summed E-state index contributed by atoms with van der Waals surface area (Å²) in [5.74, 6) is 1.53. The average molecular weight is 295 g/mol. The fraction of sp³-hybridized carbons (Fsp3) is 0.312. The molecule has 3 heterocycles. The van der Waals surface area contributed by atoms with Crippen molar-refractivity contribution in [2.75, 3.05) is 31.2 Å². The minimum absolute atomic E-state index is 0.631. The van der Waals surface area contributed by atoms with Crippen LogP contribution in [0.15, 0.2) is 36.5 Å². The third-order valence-corrected chi connectivity index (χ3v) is 3.84. The number of benzene rings is 1. The van der Waals surface area contributed by atoms with Crippen LogP contribution in [0.25, 0.3) is 17.0 Å². The number of rotatable bonds is 2. The number of aromatic nitrogens is 4. The Balaban J connectivity index is 1.77. The Morgan fingerprint density at radius 3 is 2.59 bits per heavy atom. The summed E-state index contributed by atoms with van der Waals surface area (Å²) in [6.45, 7) is 5.14. The molecule has 0 saturated carbocycles. The summed E-state index contributed by atoms with van der Waals surface area (Å²) in [7, 11) is 0. The van der Waals surface area contributed by atoms with Crippen molar-refractivity contribution in [1.29, 1.82) is 0 Å². The van der Waals surface area contributed by atoms with Gasteiger partial charge in [0.05, 0.1) is 25.1 Å². The lowest BCUT2D eigenvalue weighted by molar-refractivity contribution is 0.122. The van der Waals surface area contributed by atoms with Crippen LogP contribution in [0.1, 0.15) is 5.69 Å². The van der Waals surface area contributed by atoms with E-state index in [2.05, 4.69) is 15.0 Å². The zero-order valence-electron chi connectivity index (χ0n) is 12.4. The molecular formula is C16H17N5O. The molecule has 0 atom stereocenters. The molecule has 6 heteroatoms. The highest BCUT2D eigenvalue weighted by Crippen LogP contribution is 2.21. The standard InChI is InChI=1S/C16H17N5O/c1-12-15(20-7-9-22-10-8-20)18-16-17-14(11-21(16)19-12)13-5-3-2-4-6-13/h2-6,11H,7-10H2,1H3. The summed E-state index contributed by atoms with van der Waals surface area (Å²) >= 11 is 0. The molecule has 0 bridgehead atoms. The summed E-state index contributed by atoms with van der Waals surface area (Å²) < 4.78 is 7.15. The van der Waals surface area contributed by atoms with Gasteiger partial charge in [0.2, 0.25) is 0 Å². The maximum Gasteiger partial charge on any atom is 0.253 e. The quantitative estimate of drug-likeness (QED) is 0.723. The van der Waals surface area contributed by atoms with Crippen molar-refractivity contribution in [3.8, 4) is 11.3 Å². The molecule has 0 spiro atoms. The summed E-state index contributed by atoms with van der Waals surface area (Å²) in [5, 5.41) is 4.61. The number of imidazole rings is 1. The molecule has 3 aromatic rings. The van der Waals surface area contributed by atoms with Crippen molar-refractivity contribution in [3.63, 3.8) is 0 Å². The van der Waals surface area contributed by atoms with Gasteiger partial charge in [-0.05, 0) is 6.92 Å². The molecule has 0 unspecified atom stereocenters. The Kier molecular flexibility index (Phi) is 3.23. The molecule has 0 N–H and O–H groups in total. The maximum absolute atomic E-state index is 5.40. The number of nitrogens with zero attached hydrogens (tertiary/aromatic N) is 5. The van der Waals surface area contributed by atoms with E-state index in [1.54, 1.807) is 4.52 Å². The summed E-state index contributed by atoms with van der Waals surface area (Å²) in [4.78, 5) is 11.5. The average Bonchev–Trinajstić information content (AvgIpc) is 2.98. The van der Waals surface area contributed by atoms with Crippen LogP contribution < -0.4 is 4.90 Å². The van der Waals surface area contributed by atoms with Crippen molar-refractivity contribution in [1.82, 2.24) is 19.6 Å². The molecule has 0 amide bonds. The molecule has 1 saturated heterocycles. The predicted molar refractivity (Wildman–Crippen MR) is 84.0 cm³/mol. The van der Waals surface area contributed by atoms with E-state index in [4.69, 9.17) is 9.72 Å². The van der Waals surface area contributed by atoms with E-state index in [1.165, 1.54) is 0 Å². The molecule has 0 radical (unpaired) electrons. The molecule has 1 aromatic carbocycles. The normalized spacial score (nSPS) is 15.4. The third-order valence-electron chi connectivity index (χ3n) is 3.84. The van der Waals surface area contributed by atoms with Crippen LogP contribution in [0, 0.1) is 6.92 Å². The first-order valence-corrected chi connectivity index (χ1v) is 7.43. The molecule has 2 aromatic heterocycles. The summed E-state index contributed by atoms with van der Waals surface area (Å²) in [5.41, 5.74) is 2.87. The lowest BCUT2D eigenvalue weighted by Gasteiger charge is -2.28. The number of anilines is 1. The van der Waals surface area contributed by atoms with Crippen LogP contribution in [0.4, 0.5) is 5.82 Å². The molecular weight excluding hydrogens is 278 g/mol. The summed E-state index contributed by atoms with van der Waals surface area (Å²) in [6.07, 6.45) is 1.92. The lowest BCUT2D eigenvalue weighted by Crippen LogP contribution is -2.37. The molecule has 22 heavy (non-hydrogen) atoms. The second kappa shape index (κ2) is 5.38. The number of hydrogen-bond acceptors (Lipinski definition) is 5. The van der Waals surface area contributed by atoms with Crippen LogP contribution in [0.2, 0.25) is 0 Å². The molecule has 1 aliphatic rings. The lowest BCUT2D eigenvalue weighted by atomic mass is 10.2. The Bertz CT molecular complexity index is 793. The van der Waals surface area contributed by atoms with Crippen LogP contribution in [0.3, 0.4) is 0 Å². The van der Waals surface area contributed by atoms with Crippen LogP contribution in [0.5, 0.6) is 0 Å².